The summed E-state index contributed by atoms with van der Waals surface area (Å²) < 4.78 is 11.7. The Morgan fingerprint density at radius 1 is 1.06 bits per heavy atom. The molecule has 2 heterocycles. The van der Waals surface area contributed by atoms with E-state index < -0.39 is 5.97 Å². The van der Waals surface area contributed by atoms with Crippen LogP contribution in [0.2, 0.25) is 5.02 Å². The Hall–Kier alpha value is -3.06. The lowest BCUT2D eigenvalue weighted by molar-refractivity contribution is -1.02. The summed E-state index contributed by atoms with van der Waals surface area (Å²) in [6, 6.07) is 15.3. The van der Waals surface area contributed by atoms with E-state index in [4.69, 9.17) is 20.8 Å². The number of nitrogens with one attached hydrogen (secondary N) is 2. The smallest absolute Gasteiger partial charge is 0.342 e. The molecule has 188 valence electrons. The highest BCUT2D eigenvalue weighted by atomic mass is 35.5. The van der Waals surface area contributed by atoms with Crippen LogP contribution in [-0.2, 0) is 4.74 Å². The Balaban J connectivity index is 1.83. The first-order chi connectivity index (χ1) is 17.4. The van der Waals surface area contributed by atoms with Gasteiger partial charge in [0.1, 0.15) is 54.9 Å². The van der Waals surface area contributed by atoms with Gasteiger partial charge in [0.05, 0.1) is 18.7 Å². The number of aryl methyl sites for hydroxylation is 1. The minimum absolute atomic E-state index is 0.183. The molecule has 1 aliphatic heterocycles. The molecule has 0 aliphatic carbocycles. The number of phenolic OH excluding ortho intramolecular Hbond substituents is 1. The van der Waals surface area contributed by atoms with E-state index in [1.54, 1.807) is 18.7 Å². The summed E-state index contributed by atoms with van der Waals surface area (Å²) in [7, 11) is 0. The van der Waals surface area contributed by atoms with Crippen LogP contribution >= 0.6 is 11.6 Å². The first-order valence-electron chi connectivity index (χ1n) is 12.7. The van der Waals surface area contributed by atoms with Crippen molar-refractivity contribution in [1.29, 1.82) is 0 Å². The summed E-state index contributed by atoms with van der Waals surface area (Å²) in [5, 5.41) is 14.7. The molecule has 1 saturated heterocycles. The van der Waals surface area contributed by atoms with Gasteiger partial charge in [-0.3, -0.25) is 0 Å². The molecule has 3 aromatic carbocycles. The third-order valence-electron chi connectivity index (χ3n) is 7.51. The molecule has 1 aliphatic rings. The van der Waals surface area contributed by atoms with Gasteiger partial charge >= 0.3 is 5.97 Å². The van der Waals surface area contributed by atoms with Crippen LogP contribution in [0.1, 0.15) is 47.1 Å². The fraction of sp³-hybridized carbons (Fsp3) is 0.345. The molecule has 1 atom stereocenters. The zero-order chi connectivity index (χ0) is 25.4. The van der Waals surface area contributed by atoms with E-state index in [0.29, 0.717) is 38.3 Å². The van der Waals surface area contributed by atoms with Gasteiger partial charge in [0.15, 0.2) is 0 Å². The minimum atomic E-state index is -0.435. The maximum atomic E-state index is 13.2. The number of carbonyl (C=O) groups excluding carboxylic acids is 1. The molecule has 6 nitrogen and oxygen atoms in total. The molecule has 0 bridgehead atoms. The van der Waals surface area contributed by atoms with Crippen LogP contribution in [0, 0.1) is 6.92 Å². The number of aromatic hydroxyl groups is 1. The second kappa shape index (κ2) is 10.1. The Labute approximate surface area is 216 Å². The maximum absolute atomic E-state index is 13.2. The predicted molar refractivity (Wildman–Crippen MR) is 141 cm³/mol. The molecule has 1 unspecified atom stereocenters. The van der Waals surface area contributed by atoms with E-state index in [2.05, 4.69) is 6.92 Å². The average Bonchev–Trinajstić information content (AvgIpc) is 3.24. The van der Waals surface area contributed by atoms with Gasteiger partial charge in [0, 0.05) is 26.7 Å². The Kier molecular flexibility index (Phi) is 6.93. The lowest BCUT2D eigenvalue weighted by atomic mass is 9.88. The minimum Gasteiger partial charge on any atom is -0.507 e. The van der Waals surface area contributed by atoms with Gasteiger partial charge in [-0.15, -0.1) is 0 Å². The highest BCUT2D eigenvalue weighted by Gasteiger charge is 2.38. The number of furan rings is 1. The van der Waals surface area contributed by atoms with Gasteiger partial charge in [0.25, 0.3) is 0 Å². The van der Waals surface area contributed by atoms with E-state index in [0.717, 1.165) is 43.7 Å². The van der Waals surface area contributed by atoms with Crippen LogP contribution in [0.3, 0.4) is 0 Å². The van der Waals surface area contributed by atoms with Gasteiger partial charge in [0.2, 0.25) is 0 Å². The third-order valence-corrected chi connectivity index (χ3v) is 7.77. The van der Waals surface area contributed by atoms with Gasteiger partial charge in [-0.2, -0.15) is 0 Å². The van der Waals surface area contributed by atoms with Crippen molar-refractivity contribution in [2.45, 2.75) is 26.8 Å². The Morgan fingerprint density at radius 2 is 1.72 bits per heavy atom. The average molecular weight is 509 g/mol. The lowest BCUT2D eigenvalue weighted by Gasteiger charge is -2.35. The normalized spacial score (nSPS) is 19.0. The van der Waals surface area contributed by atoms with E-state index >= 15 is 0 Å². The summed E-state index contributed by atoms with van der Waals surface area (Å²) in [6.07, 6.45) is 0. The molecule has 36 heavy (non-hydrogen) atoms. The van der Waals surface area contributed by atoms with Crippen molar-refractivity contribution in [1.82, 2.24) is 0 Å². The monoisotopic (exact) mass is 508 g/mol. The van der Waals surface area contributed by atoms with Crippen molar-refractivity contribution in [2.24, 2.45) is 0 Å². The fourth-order valence-corrected chi connectivity index (χ4v) is 5.83. The molecule has 0 amide bonds. The van der Waals surface area contributed by atoms with Crippen LogP contribution in [0.4, 0.5) is 0 Å². The zero-order valence-electron chi connectivity index (χ0n) is 21.0. The van der Waals surface area contributed by atoms with Crippen LogP contribution in [0.25, 0.3) is 21.7 Å². The van der Waals surface area contributed by atoms with Gasteiger partial charge in [-0.25, -0.2) is 4.79 Å². The predicted octanol–water partition coefficient (Wildman–Crippen LogP) is 3.32. The number of rotatable bonds is 6. The third kappa shape index (κ3) is 4.23. The molecular formula is C29H33ClN2O4+2. The standard InChI is InChI=1S/C29H31ClN2O4/c1-4-31-14-16-32(17-15-31)26(19-10-12-20(30)13-11-19)25-24-23(29(34)35-5-2)18(3)36-28(24)22-9-7-6-8-21(22)27(25)33/h6-13,26,33H,4-5,14-17H2,1-3H3/p+2. The number of halogens is 1. The summed E-state index contributed by atoms with van der Waals surface area (Å²) in [5.74, 6) is 0.238. The van der Waals surface area contributed by atoms with Crippen molar-refractivity contribution in [2.75, 3.05) is 39.3 Å². The summed E-state index contributed by atoms with van der Waals surface area (Å²) in [6.45, 7) is 11.1. The van der Waals surface area contributed by atoms with Crippen molar-refractivity contribution in [3.05, 3.63) is 76.0 Å². The van der Waals surface area contributed by atoms with Crippen molar-refractivity contribution in [3.63, 3.8) is 0 Å². The van der Waals surface area contributed by atoms with Gasteiger partial charge < -0.3 is 24.1 Å². The van der Waals surface area contributed by atoms with Crippen LogP contribution in [0.5, 0.6) is 5.75 Å². The van der Waals surface area contributed by atoms with Gasteiger partial charge in [-0.05, 0) is 32.9 Å². The van der Waals surface area contributed by atoms with Crippen LogP contribution in [0.15, 0.2) is 52.9 Å². The zero-order valence-corrected chi connectivity index (χ0v) is 21.7. The molecule has 7 heteroatoms. The van der Waals surface area contributed by atoms with Crippen molar-refractivity contribution < 1.29 is 28.9 Å². The molecule has 0 spiro atoms. The van der Waals surface area contributed by atoms with E-state index in [9.17, 15) is 9.90 Å². The van der Waals surface area contributed by atoms with Crippen LogP contribution in [-0.4, -0.2) is 50.4 Å². The molecule has 4 aromatic rings. The number of piperazine rings is 1. The number of phenols is 1. The number of fused-ring (bicyclic) bond motifs is 3. The molecule has 3 N–H and O–H groups in total. The van der Waals surface area contributed by atoms with E-state index in [1.165, 1.54) is 4.90 Å². The molecule has 0 saturated carbocycles. The molecule has 1 fully saturated rings. The molecule has 0 radical (unpaired) electrons. The molecular weight excluding hydrogens is 476 g/mol. The summed E-state index contributed by atoms with van der Waals surface area (Å²) >= 11 is 6.26. The maximum Gasteiger partial charge on any atom is 0.342 e. The molecule has 1 aromatic heterocycles. The Bertz CT molecular complexity index is 1400. The number of likely N-dealkylation sites (N-methyl/N-ethyl adjacent to an activating group) is 1. The fourth-order valence-electron chi connectivity index (χ4n) is 5.70. The number of ether oxygens (including phenoxy) is 1. The first kappa shape index (κ1) is 24.6. The second-order valence-electron chi connectivity index (χ2n) is 9.51. The van der Waals surface area contributed by atoms with E-state index in [-0.39, 0.29) is 18.4 Å². The second-order valence-corrected chi connectivity index (χ2v) is 9.95. The highest BCUT2D eigenvalue weighted by molar-refractivity contribution is 6.30. The van der Waals surface area contributed by atoms with Crippen molar-refractivity contribution >= 4 is 39.3 Å². The number of quaternary nitrogens is 2. The van der Waals surface area contributed by atoms with Crippen molar-refractivity contribution in [3.8, 4) is 5.75 Å². The summed E-state index contributed by atoms with van der Waals surface area (Å²) in [5.41, 5.74) is 2.74. The number of esters is 1. The Morgan fingerprint density at radius 3 is 2.36 bits per heavy atom. The number of carbonyl (C=O) groups is 1. The topological polar surface area (TPSA) is 68.5 Å². The lowest BCUT2D eigenvalue weighted by Crippen LogP contribution is -3.28. The number of hydrogen-bond donors (Lipinski definition) is 3. The SMILES string of the molecule is CCOC(=O)c1c(C)oc2c1c(C(c1ccc(Cl)cc1)[NH+]1CC[NH+](CC)CC1)c(O)c1ccccc12. The van der Waals surface area contributed by atoms with Crippen LogP contribution < -0.4 is 9.80 Å². The number of benzene rings is 3. The highest BCUT2D eigenvalue weighted by Crippen LogP contribution is 2.45. The molecule has 5 rings (SSSR count). The largest absolute Gasteiger partial charge is 0.507 e. The van der Waals surface area contributed by atoms with E-state index in [1.807, 2.05) is 48.5 Å². The van der Waals surface area contributed by atoms with Gasteiger partial charge in [-0.1, -0.05) is 48.0 Å². The first-order valence-corrected chi connectivity index (χ1v) is 13.1. The summed E-state index contributed by atoms with van der Waals surface area (Å²) in [4.78, 5) is 16.1. The number of hydrogen-bond acceptors (Lipinski definition) is 4. The quantitative estimate of drug-likeness (QED) is 0.349.